The third kappa shape index (κ3) is 6.05. The van der Waals surface area contributed by atoms with Gasteiger partial charge in [-0.3, -0.25) is 4.79 Å². The molecule has 1 aromatic heterocycles. The van der Waals surface area contributed by atoms with Crippen LogP contribution in [-0.2, 0) is 6.18 Å². The summed E-state index contributed by atoms with van der Waals surface area (Å²) in [6.45, 7) is 0. The lowest BCUT2D eigenvalue weighted by molar-refractivity contribution is -0.137. The van der Waals surface area contributed by atoms with Crippen LogP contribution in [0.4, 0.5) is 29.3 Å². The van der Waals surface area contributed by atoms with Crippen molar-refractivity contribution in [2.45, 2.75) is 6.18 Å². The Morgan fingerprint density at radius 2 is 1.61 bits per heavy atom. The molecule has 3 aromatic rings. The number of carbonyl (C=O) groups is 2. The number of alkyl halides is 3. The summed E-state index contributed by atoms with van der Waals surface area (Å²) in [5.74, 6) is 0.111. The number of nitrogens with one attached hydrogen (secondary N) is 3. The Morgan fingerprint density at radius 3 is 2.21 bits per heavy atom. The standard InChI is InChI=1S/C21H15Cl2F3N4O3/c1-27-19(31)18-17(23)16(8-9-28-18)33-13-5-2-11(3-6-13)29-20(32)30-12-4-7-14(15(22)10-12)21(24,25)26/h2-10H,1H3,(H,27,31)(H2,29,30,32). The number of carbonyl (C=O) groups excluding carboxylic acids is 2. The maximum atomic E-state index is 12.8. The molecule has 0 bridgehead atoms. The molecule has 0 unspecified atom stereocenters. The molecule has 1 heterocycles. The molecule has 0 atom stereocenters. The highest BCUT2D eigenvalue weighted by Gasteiger charge is 2.33. The van der Waals surface area contributed by atoms with Crippen LogP contribution in [0.25, 0.3) is 0 Å². The van der Waals surface area contributed by atoms with Crippen LogP contribution in [0.1, 0.15) is 16.1 Å². The lowest BCUT2D eigenvalue weighted by Crippen LogP contribution is -2.19. The molecule has 0 fully saturated rings. The van der Waals surface area contributed by atoms with Crippen molar-refractivity contribution < 1.29 is 27.5 Å². The quantitative estimate of drug-likeness (QED) is 0.390. The summed E-state index contributed by atoms with van der Waals surface area (Å²) in [6, 6.07) is 9.83. The van der Waals surface area contributed by atoms with E-state index in [1.165, 1.54) is 31.4 Å². The summed E-state index contributed by atoms with van der Waals surface area (Å²) in [5, 5.41) is 6.86. The second kappa shape index (κ2) is 9.97. The SMILES string of the molecule is CNC(=O)c1nccc(Oc2ccc(NC(=O)Nc3ccc(C(F)(F)F)c(Cl)c3)cc2)c1Cl. The van der Waals surface area contributed by atoms with E-state index < -0.39 is 28.7 Å². The summed E-state index contributed by atoms with van der Waals surface area (Å²) in [4.78, 5) is 27.8. The van der Waals surface area contributed by atoms with Crippen molar-refractivity contribution in [3.8, 4) is 11.5 Å². The first-order valence-corrected chi connectivity index (χ1v) is 9.93. The van der Waals surface area contributed by atoms with Crippen LogP contribution < -0.4 is 20.7 Å². The Bertz CT molecular complexity index is 1190. The van der Waals surface area contributed by atoms with Crippen LogP contribution >= 0.6 is 23.2 Å². The van der Waals surface area contributed by atoms with Crippen molar-refractivity contribution in [3.63, 3.8) is 0 Å². The number of pyridine rings is 1. The second-order valence-electron chi connectivity index (χ2n) is 6.45. The topological polar surface area (TPSA) is 92.3 Å². The molecule has 3 rings (SSSR count). The van der Waals surface area contributed by atoms with Crippen LogP contribution in [-0.4, -0.2) is 24.0 Å². The maximum Gasteiger partial charge on any atom is 0.417 e. The van der Waals surface area contributed by atoms with Gasteiger partial charge in [-0.15, -0.1) is 0 Å². The van der Waals surface area contributed by atoms with E-state index in [1.807, 2.05) is 0 Å². The molecule has 7 nitrogen and oxygen atoms in total. The fourth-order valence-electron chi connectivity index (χ4n) is 2.63. The van der Waals surface area contributed by atoms with E-state index in [-0.39, 0.29) is 22.2 Å². The number of nitrogens with zero attached hydrogens (tertiary/aromatic N) is 1. The molecule has 172 valence electrons. The molecule has 0 saturated heterocycles. The van der Waals surface area contributed by atoms with Gasteiger partial charge in [0.15, 0.2) is 0 Å². The fraction of sp³-hybridized carbons (Fsp3) is 0.0952. The molecule has 0 spiro atoms. The summed E-state index contributed by atoms with van der Waals surface area (Å²) < 4.78 is 44.0. The van der Waals surface area contributed by atoms with E-state index in [0.717, 1.165) is 18.2 Å². The number of urea groups is 1. The number of hydrogen-bond donors (Lipinski definition) is 3. The zero-order valence-electron chi connectivity index (χ0n) is 16.8. The number of rotatable bonds is 5. The summed E-state index contributed by atoms with van der Waals surface area (Å²) in [5.41, 5.74) is -0.521. The zero-order chi connectivity index (χ0) is 24.2. The lowest BCUT2D eigenvalue weighted by atomic mass is 10.2. The number of benzene rings is 2. The van der Waals surface area contributed by atoms with Gasteiger partial charge in [0.25, 0.3) is 5.91 Å². The van der Waals surface area contributed by atoms with Crippen LogP contribution in [0, 0.1) is 0 Å². The molecule has 3 N–H and O–H groups in total. The van der Waals surface area contributed by atoms with Gasteiger partial charge in [-0.05, 0) is 42.5 Å². The highest BCUT2D eigenvalue weighted by atomic mass is 35.5. The Labute approximate surface area is 195 Å². The van der Waals surface area contributed by atoms with Gasteiger partial charge in [-0.1, -0.05) is 23.2 Å². The van der Waals surface area contributed by atoms with Crippen molar-refractivity contribution in [1.82, 2.24) is 10.3 Å². The largest absolute Gasteiger partial charge is 0.456 e. The van der Waals surface area contributed by atoms with E-state index >= 15 is 0 Å². The number of aromatic nitrogens is 1. The van der Waals surface area contributed by atoms with Crippen molar-refractivity contribution >= 4 is 46.5 Å². The van der Waals surface area contributed by atoms with Crippen molar-refractivity contribution in [1.29, 1.82) is 0 Å². The first-order valence-electron chi connectivity index (χ1n) is 9.17. The van der Waals surface area contributed by atoms with Gasteiger partial charge >= 0.3 is 12.2 Å². The Balaban J connectivity index is 1.64. The highest BCUT2D eigenvalue weighted by molar-refractivity contribution is 6.35. The van der Waals surface area contributed by atoms with Crippen molar-refractivity contribution in [2.75, 3.05) is 17.7 Å². The summed E-state index contributed by atoms with van der Waals surface area (Å²) in [6.07, 6.45) is -3.22. The minimum atomic E-state index is -4.59. The van der Waals surface area contributed by atoms with E-state index in [2.05, 4.69) is 20.9 Å². The molecular formula is C21H15Cl2F3N4O3. The van der Waals surface area contributed by atoms with Gasteiger partial charge in [-0.25, -0.2) is 9.78 Å². The number of anilines is 2. The summed E-state index contributed by atoms with van der Waals surface area (Å²) in [7, 11) is 1.45. The first-order chi connectivity index (χ1) is 15.6. The molecule has 2 aromatic carbocycles. The van der Waals surface area contributed by atoms with Gasteiger partial charge in [0.05, 0.1) is 10.6 Å². The van der Waals surface area contributed by atoms with Crippen LogP contribution in [0.15, 0.2) is 54.7 Å². The zero-order valence-corrected chi connectivity index (χ0v) is 18.3. The van der Waals surface area contributed by atoms with Crippen LogP contribution in [0.5, 0.6) is 11.5 Å². The van der Waals surface area contributed by atoms with Gasteiger partial charge < -0.3 is 20.7 Å². The summed E-state index contributed by atoms with van der Waals surface area (Å²) >= 11 is 11.8. The smallest absolute Gasteiger partial charge is 0.417 e. The van der Waals surface area contributed by atoms with E-state index in [0.29, 0.717) is 11.4 Å². The lowest BCUT2D eigenvalue weighted by Gasteiger charge is -2.12. The third-order valence-electron chi connectivity index (χ3n) is 4.17. The predicted molar refractivity (Wildman–Crippen MR) is 118 cm³/mol. The van der Waals surface area contributed by atoms with Crippen molar-refractivity contribution in [2.24, 2.45) is 0 Å². The monoisotopic (exact) mass is 498 g/mol. The van der Waals surface area contributed by atoms with Crippen molar-refractivity contribution in [3.05, 3.63) is 76.0 Å². The molecule has 0 aliphatic carbocycles. The van der Waals surface area contributed by atoms with Gasteiger partial charge in [0, 0.05) is 30.7 Å². The first kappa shape index (κ1) is 24.1. The molecular weight excluding hydrogens is 484 g/mol. The number of ether oxygens (including phenoxy) is 1. The predicted octanol–water partition coefficient (Wildman–Crippen LogP) is 6.20. The van der Waals surface area contributed by atoms with E-state index in [9.17, 15) is 22.8 Å². The average Bonchev–Trinajstić information content (AvgIpc) is 2.75. The van der Waals surface area contributed by atoms with Gasteiger partial charge in [0.1, 0.15) is 22.2 Å². The third-order valence-corrected chi connectivity index (χ3v) is 4.85. The average molecular weight is 499 g/mol. The van der Waals surface area contributed by atoms with Gasteiger partial charge in [0.2, 0.25) is 0 Å². The molecule has 0 aliphatic heterocycles. The Hall–Kier alpha value is -3.50. The minimum Gasteiger partial charge on any atom is -0.456 e. The highest BCUT2D eigenvalue weighted by Crippen LogP contribution is 2.36. The Kier molecular flexibility index (Phi) is 7.29. The number of amides is 3. The van der Waals surface area contributed by atoms with E-state index in [1.54, 1.807) is 12.1 Å². The molecule has 0 saturated carbocycles. The molecule has 12 heteroatoms. The molecule has 0 radical (unpaired) electrons. The number of halogens is 5. The van der Waals surface area contributed by atoms with Crippen LogP contribution in [0.2, 0.25) is 10.0 Å². The normalized spacial score (nSPS) is 11.0. The van der Waals surface area contributed by atoms with Crippen LogP contribution in [0.3, 0.4) is 0 Å². The minimum absolute atomic E-state index is 0.00925. The molecule has 3 amide bonds. The van der Waals surface area contributed by atoms with Gasteiger partial charge in [-0.2, -0.15) is 13.2 Å². The van der Waals surface area contributed by atoms with E-state index in [4.69, 9.17) is 27.9 Å². The fourth-order valence-corrected chi connectivity index (χ4v) is 3.15. The number of hydrogen-bond acceptors (Lipinski definition) is 4. The molecule has 33 heavy (non-hydrogen) atoms. The second-order valence-corrected chi connectivity index (χ2v) is 7.23. The maximum absolute atomic E-state index is 12.8. The Morgan fingerprint density at radius 1 is 0.970 bits per heavy atom. The molecule has 0 aliphatic rings.